The number of phenolic OH excluding ortho intramolecular Hbond substituents is 1. The molecular weight excluding hydrogens is 404 g/mol. The van der Waals surface area contributed by atoms with Gasteiger partial charge in [-0.2, -0.15) is 0 Å². The number of benzene rings is 2. The molecule has 0 amide bonds. The van der Waals surface area contributed by atoms with Gasteiger partial charge >= 0.3 is 0 Å². The Morgan fingerprint density at radius 1 is 1.10 bits per heavy atom. The number of nitrogens with one attached hydrogen (secondary N) is 1. The summed E-state index contributed by atoms with van der Waals surface area (Å²) >= 11 is 1.43. The molecule has 1 fully saturated rings. The molecule has 0 spiro atoms. The number of aromatic nitrogens is 1. The zero-order valence-electron chi connectivity index (χ0n) is 16.4. The maximum Gasteiger partial charge on any atom is 0.266 e. The van der Waals surface area contributed by atoms with E-state index in [4.69, 9.17) is 0 Å². The first-order valence-electron chi connectivity index (χ1n) is 9.49. The number of aromatic amines is 1. The van der Waals surface area contributed by atoms with E-state index in [1.807, 2.05) is 11.4 Å². The zero-order valence-corrected chi connectivity index (χ0v) is 18.0. The predicted octanol–water partition coefficient (Wildman–Crippen LogP) is 5.13. The Labute approximate surface area is 179 Å². The highest BCUT2D eigenvalue weighted by Gasteiger charge is 2.44. The number of H-pyrrole nitrogens is 1. The van der Waals surface area contributed by atoms with Gasteiger partial charge in [0.05, 0.1) is 0 Å². The lowest BCUT2D eigenvalue weighted by molar-refractivity contribution is 0.362. The van der Waals surface area contributed by atoms with Crippen LogP contribution in [0.2, 0.25) is 0 Å². The van der Waals surface area contributed by atoms with Crippen molar-refractivity contribution in [1.82, 2.24) is 9.88 Å². The van der Waals surface area contributed by atoms with E-state index >= 15 is 0 Å². The molecule has 150 valence electrons. The van der Waals surface area contributed by atoms with E-state index in [2.05, 4.69) is 48.2 Å². The van der Waals surface area contributed by atoms with Gasteiger partial charge in [0, 0.05) is 33.8 Å². The third-order valence-corrected chi connectivity index (χ3v) is 6.74. The number of rotatable bonds is 4. The number of likely N-dealkylation sites (N-methyl/N-ethyl adjacent to an activating group) is 1. The van der Waals surface area contributed by atoms with Crippen molar-refractivity contribution in [3.8, 4) is 16.9 Å². The lowest BCUT2D eigenvalue weighted by Crippen LogP contribution is -2.25. The van der Waals surface area contributed by atoms with Crippen LogP contribution in [-0.2, 0) is 5.41 Å². The molecule has 2 N–H and O–H groups in total. The fourth-order valence-corrected chi connectivity index (χ4v) is 5.21. The molecule has 0 radical (unpaired) electrons. The topological polar surface area (TPSA) is 56.3 Å². The second-order valence-electron chi connectivity index (χ2n) is 8.10. The van der Waals surface area contributed by atoms with Crippen LogP contribution < -0.4 is 5.56 Å². The van der Waals surface area contributed by atoms with Gasteiger partial charge in [0.15, 0.2) is 0 Å². The van der Waals surface area contributed by atoms with Crippen molar-refractivity contribution >= 4 is 44.7 Å². The van der Waals surface area contributed by atoms with Crippen molar-refractivity contribution in [3.63, 3.8) is 0 Å². The number of pyridine rings is 1. The summed E-state index contributed by atoms with van der Waals surface area (Å²) in [5, 5.41) is 14.4. The number of nitrogens with zero attached hydrogens (tertiary/aromatic N) is 1. The van der Waals surface area contributed by atoms with Gasteiger partial charge in [-0.25, -0.2) is 0 Å². The standard InChI is InChI=1S/C23H22N2O2S.ClH/c1-25(2)13-23(10-11-23)15-5-3-14(4-6-15)19-18(26)8-7-17-20(19)16-9-12-28-21(16)22(27)24-17;/h3-9,12,26H,10-11,13H2,1-2H3,(H,24,27);1H. The van der Waals surface area contributed by atoms with Crippen LogP contribution in [0.25, 0.3) is 32.1 Å². The molecular formula is C23H23ClN2O2S. The third-order valence-electron chi connectivity index (χ3n) is 5.83. The van der Waals surface area contributed by atoms with Crippen LogP contribution >= 0.6 is 23.7 Å². The summed E-state index contributed by atoms with van der Waals surface area (Å²) in [6.07, 6.45) is 2.45. The summed E-state index contributed by atoms with van der Waals surface area (Å²) in [5.74, 6) is 0.231. The Hall–Kier alpha value is -2.34. The van der Waals surface area contributed by atoms with Crippen molar-refractivity contribution < 1.29 is 5.11 Å². The molecule has 0 atom stereocenters. The van der Waals surface area contributed by atoms with E-state index in [-0.39, 0.29) is 29.1 Å². The maximum atomic E-state index is 12.3. The number of thiophene rings is 1. The van der Waals surface area contributed by atoms with Crippen LogP contribution in [-0.4, -0.2) is 35.6 Å². The lowest BCUT2D eigenvalue weighted by Gasteiger charge is -2.21. The maximum absolute atomic E-state index is 12.3. The van der Waals surface area contributed by atoms with Gasteiger partial charge in [0.2, 0.25) is 0 Å². The number of phenols is 1. The first-order valence-corrected chi connectivity index (χ1v) is 10.4. The van der Waals surface area contributed by atoms with Crippen molar-refractivity contribution in [2.24, 2.45) is 0 Å². The van der Waals surface area contributed by atoms with Gasteiger partial charge in [-0.15, -0.1) is 23.7 Å². The van der Waals surface area contributed by atoms with Gasteiger partial charge < -0.3 is 15.0 Å². The van der Waals surface area contributed by atoms with Crippen LogP contribution in [0.15, 0.2) is 52.6 Å². The molecule has 0 saturated heterocycles. The molecule has 0 aliphatic heterocycles. The Kier molecular flexibility index (Phi) is 4.93. The molecule has 29 heavy (non-hydrogen) atoms. The monoisotopic (exact) mass is 426 g/mol. The fourth-order valence-electron chi connectivity index (χ4n) is 4.41. The molecule has 1 aliphatic rings. The van der Waals surface area contributed by atoms with Crippen molar-refractivity contribution in [3.05, 3.63) is 63.8 Å². The van der Waals surface area contributed by atoms with E-state index in [9.17, 15) is 9.90 Å². The Bertz CT molecular complexity index is 1250. The molecule has 2 aromatic carbocycles. The highest BCUT2D eigenvalue weighted by molar-refractivity contribution is 7.17. The fraction of sp³-hybridized carbons (Fsp3) is 0.261. The van der Waals surface area contributed by atoms with Crippen molar-refractivity contribution in [1.29, 1.82) is 0 Å². The first-order chi connectivity index (χ1) is 13.5. The van der Waals surface area contributed by atoms with Gasteiger partial charge in [0.25, 0.3) is 5.56 Å². The quantitative estimate of drug-likeness (QED) is 0.475. The molecule has 4 nitrogen and oxygen atoms in total. The highest BCUT2D eigenvalue weighted by Crippen LogP contribution is 2.49. The van der Waals surface area contributed by atoms with Crippen LogP contribution in [0.3, 0.4) is 0 Å². The third kappa shape index (κ3) is 3.23. The van der Waals surface area contributed by atoms with E-state index < -0.39 is 0 Å². The Morgan fingerprint density at radius 2 is 1.83 bits per heavy atom. The van der Waals surface area contributed by atoms with Gasteiger partial charge in [-0.05, 0) is 61.6 Å². The lowest BCUT2D eigenvalue weighted by atomic mass is 9.91. The summed E-state index contributed by atoms with van der Waals surface area (Å²) in [6, 6.07) is 14.0. The average molecular weight is 427 g/mol. The highest BCUT2D eigenvalue weighted by atomic mass is 35.5. The second-order valence-corrected chi connectivity index (χ2v) is 9.01. The normalized spacial score (nSPS) is 15.0. The largest absolute Gasteiger partial charge is 0.507 e. The van der Waals surface area contributed by atoms with E-state index in [0.717, 1.165) is 34.0 Å². The molecule has 2 heterocycles. The predicted molar refractivity (Wildman–Crippen MR) is 124 cm³/mol. The van der Waals surface area contributed by atoms with Gasteiger partial charge in [-0.3, -0.25) is 4.79 Å². The minimum atomic E-state index is -0.0798. The van der Waals surface area contributed by atoms with Crippen LogP contribution in [0.1, 0.15) is 18.4 Å². The number of hydrogen-bond acceptors (Lipinski definition) is 4. The molecule has 6 heteroatoms. The number of hydrogen-bond donors (Lipinski definition) is 2. The van der Waals surface area contributed by atoms with E-state index in [1.165, 1.54) is 29.7 Å². The van der Waals surface area contributed by atoms with Crippen LogP contribution in [0, 0.1) is 0 Å². The first kappa shape index (κ1) is 20.0. The SMILES string of the molecule is CN(C)CC1(c2ccc(-c3c(O)ccc4[nH]c(=O)c5sccc5c34)cc2)CC1.Cl. The minimum Gasteiger partial charge on any atom is -0.507 e. The second kappa shape index (κ2) is 7.17. The number of aromatic hydroxyl groups is 1. The molecule has 4 aromatic rings. The van der Waals surface area contributed by atoms with Crippen molar-refractivity contribution in [2.75, 3.05) is 20.6 Å². The molecule has 0 bridgehead atoms. The summed E-state index contributed by atoms with van der Waals surface area (Å²) < 4.78 is 0.693. The summed E-state index contributed by atoms with van der Waals surface area (Å²) in [6.45, 7) is 1.06. The molecule has 1 aliphatic carbocycles. The summed E-state index contributed by atoms with van der Waals surface area (Å²) in [5.41, 5.74) is 4.05. The zero-order chi connectivity index (χ0) is 19.5. The molecule has 0 unspecified atom stereocenters. The van der Waals surface area contributed by atoms with Crippen LogP contribution in [0.4, 0.5) is 0 Å². The summed E-state index contributed by atoms with van der Waals surface area (Å²) in [4.78, 5) is 17.5. The number of halogens is 1. The average Bonchev–Trinajstić information content (AvgIpc) is 3.26. The van der Waals surface area contributed by atoms with Crippen molar-refractivity contribution in [2.45, 2.75) is 18.3 Å². The van der Waals surface area contributed by atoms with E-state index in [0.29, 0.717) is 4.70 Å². The Morgan fingerprint density at radius 3 is 2.48 bits per heavy atom. The smallest absolute Gasteiger partial charge is 0.266 e. The van der Waals surface area contributed by atoms with Gasteiger partial charge in [-0.1, -0.05) is 24.3 Å². The van der Waals surface area contributed by atoms with Crippen LogP contribution in [0.5, 0.6) is 5.75 Å². The van der Waals surface area contributed by atoms with E-state index in [1.54, 1.807) is 12.1 Å². The number of fused-ring (bicyclic) bond motifs is 3. The minimum absolute atomic E-state index is 0. The molecule has 2 aromatic heterocycles. The molecule has 5 rings (SSSR count). The summed E-state index contributed by atoms with van der Waals surface area (Å²) in [7, 11) is 4.24. The Balaban J connectivity index is 0.00000205. The van der Waals surface area contributed by atoms with Gasteiger partial charge in [0.1, 0.15) is 10.4 Å². The molecule has 1 saturated carbocycles.